The SMILES string of the molecule is Nc1ccc(-c2[nH]n(CCO)c(=O)c2/C=C2/C=Nc3ccccc32)cc1. The Hall–Kier alpha value is -3.38. The van der Waals surface area contributed by atoms with Gasteiger partial charge in [-0.1, -0.05) is 30.3 Å². The van der Waals surface area contributed by atoms with E-state index in [0.717, 1.165) is 22.4 Å². The van der Waals surface area contributed by atoms with Crippen molar-refractivity contribution in [2.75, 3.05) is 12.3 Å². The number of aromatic nitrogens is 2. The maximum atomic E-state index is 12.8. The van der Waals surface area contributed by atoms with Crippen LogP contribution in [0.1, 0.15) is 11.1 Å². The second-order valence-electron chi connectivity index (χ2n) is 6.08. The van der Waals surface area contributed by atoms with Gasteiger partial charge in [-0.05, 0) is 24.3 Å². The number of nitrogens with zero attached hydrogens (tertiary/aromatic N) is 2. The number of nitrogens with one attached hydrogen (secondary N) is 1. The first-order valence-corrected chi connectivity index (χ1v) is 8.32. The summed E-state index contributed by atoms with van der Waals surface area (Å²) >= 11 is 0. The third-order valence-corrected chi connectivity index (χ3v) is 4.37. The summed E-state index contributed by atoms with van der Waals surface area (Å²) in [7, 11) is 0. The largest absolute Gasteiger partial charge is 0.399 e. The number of allylic oxidation sites excluding steroid dienone is 1. The molecule has 6 nitrogen and oxygen atoms in total. The number of aliphatic imine (C=N–C) groups is 1. The van der Waals surface area contributed by atoms with Gasteiger partial charge in [0.25, 0.3) is 5.56 Å². The number of aliphatic hydroxyl groups excluding tert-OH is 1. The number of fused-ring (bicyclic) bond motifs is 1. The Morgan fingerprint density at radius 2 is 1.92 bits per heavy atom. The number of anilines is 1. The first-order chi connectivity index (χ1) is 12.7. The zero-order valence-corrected chi connectivity index (χ0v) is 14.0. The molecule has 4 rings (SSSR count). The molecule has 0 saturated carbocycles. The standard InChI is InChI=1S/C20H18N4O2/c21-15-7-5-13(6-8-15)19-17(20(26)24(23-19)9-10-25)11-14-12-22-18-4-2-1-3-16(14)18/h1-8,11-12,23,25H,9-10,21H2/b14-11-. The van der Waals surface area contributed by atoms with E-state index < -0.39 is 0 Å². The minimum Gasteiger partial charge on any atom is -0.399 e. The van der Waals surface area contributed by atoms with Crippen LogP contribution in [0, 0.1) is 0 Å². The average Bonchev–Trinajstić information content (AvgIpc) is 3.20. The number of hydrogen-bond acceptors (Lipinski definition) is 4. The lowest BCUT2D eigenvalue weighted by molar-refractivity contribution is 0.267. The summed E-state index contributed by atoms with van der Waals surface area (Å²) in [5, 5.41) is 12.3. The summed E-state index contributed by atoms with van der Waals surface area (Å²) in [5.41, 5.74) is 11.1. The van der Waals surface area contributed by atoms with E-state index in [0.29, 0.717) is 16.9 Å². The number of nitrogens with two attached hydrogens (primary N) is 1. The molecule has 0 saturated heterocycles. The van der Waals surface area contributed by atoms with Crippen LogP contribution >= 0.6 is 0 Å². The van der Waals surface area contributed by atoms with E-state index in [1.165, 1.54) is 4.68 Å². The molecule has 0 atom stereocenters. The lowest BCUT2D eigenvalue weighted by Crippen LogP contribution is -2.19. The molecular weight excluding hydrogens is 328 g/mol. The van der Waals surface area contributed by atoms with Crippen LogP contribution in [0.25, 0.3) is 22.9 Å². The topological polar surface area (TPSA) is 96.4 Å². The van der Waals surface area contributed by atoms with E-state index in [2.05, 4.69) is 10.1 Å². The van der Waals surface area contributed by atoms with Crippen LogP contribution in [0.5, 0.6) is 0 Å². The van der Waals surface area contributed by atoms with E-state index in [9.17, 15) is 9.90 Å². The highest BCUT2D eigenvalue weighted by Gasteiger charge is 2.17. The third-order valence-electron chi connectivity index (χ3n) is 4.37. The fourth-order valence-corrected chi connectivity index (χ4v) is 3.07. The highest BCUT2D eigenvalue weighted by Crippen LogP contribution is 2.33. The van der Waals surface area contributed by atoms with Gasteiger partial charge in [0.2, 0.25) is 0 Å². The Morgan fingerprint density at radius 3 is 2.69 bits per heavy atom. The van der Waals surface area contributed by atoms with Crippen LogP contribution < -0.4 is 11.3 Å². The molecule has 2 aromatic carbocycles. The highest BCUT2D eigenvalue weighted by atomic mass is 16.3. The summed E-state index contributed by atoms with van der Waals surface area (Å²) in [4.78, 5) is 17.2. The zero-order valence-electron chi connectivity index (χ0n) is 14.0. The number of aromatic amines is 1. The van der Waals surface area contributed by atoms with E-state index >= 15 is 0 Å². The molecule has 0 amide bonds. The van der Waals surface area contributed by atoms with Crippen molar-refractivity contribution in [3.05, 3.63) is 70.0 Å². The highest BCUT2D eigenvalue weighted by molar-refractivity contribution is 6.21. The molecule has 26 heavy (non-hydrogen) atoms. The average molecular weight is 346 g/mol. The Labute approximate surface area is 149 Å². The Balaban J connectivity index is 1.88. The molecule has 2 heterocycles. The predicted molar refractivity (Wildman–Crippen MR) is 104 cm³/mol. The van der Waals surface area contributed by atoms with Gasteiger partial charge in [-0.15, -0.1) is 0 Å². The number of benzene rings is 2. The second kappa shape index (κ2) is 6.50. The van der Waals surface area contributed by atoms with Crippen molar-refractivity contribution < 1.29 is 5.11 Å². The quantitative estimate of drug-likeness (QED) is 0.634. The molecule has 4 N–H and O–H groups in total. The van der Waals surface area contributed by atoms with Gasteiger partial charge in [0, 0.05) is 28.6 Å². The third kappa shape index (κ3) is 2.76. The molecular formula is C20H18N4O2. The number of rotatable bonds is 4. The van der Waals surface area contributed by atoms with E-state index in [1.54, 1.807) is 18.3 Å². The van der Waals surface area contributed by atoms with Crippen molar-refractivity contribution in [1.82, 2.24) is 9.78 Å². The van der Waals surface area contributed by atoms with Gasteiger partial charge >= 0.3 is 0 Å². The van der Waals surface area contributed by atoms with Crippen molar-refractivity contribution in [2.45, 2.75) is 6.54 Å². The maximum Gasteiger partial charge on any atom is 0.274 e. The molecule has 0 radical (unpaired) electrons. The molecule has 6 heteroatoms. The number of aliphatic hydroxyl groups is 1. The van der Waals surface area contributed by atoms with Gasteiger partial charge in [-0.25, -0.2) is 4.68 Å². The Morgan fingerprint density at radius 1 is 1.15 bits per heavy atom. The second-order valence-corrected chi connectivity index (χ2v) is 6.08. The summed E-state index contributed by atoms with van der Waals surface area (Å²) in [6.07, 6.45) is 3.61. The monoisotopic (exact) mass is 346 g/mol. The Bertz CT molecular complexity index is 1070. The van der Waals surface area contributed by atoms with Gasteiger partial charge < -0.3 is 10.8 Å². The molecule has 0 aliphatic carbocycles. The number of H-pyrrole nitrogens is 1. The van der Waals surface area contributed by atoms with Crippen LogP contribution in [-0.4, -0.2) is 27.7 Å². The predicted octanol–water partition coefficient (Wildman–Crippen LogP) is 2.67. The smallest absolute Gasteiger partial charge is 0.274 e. The summed E-state index contributed by atoms with van der Waals surface area (Å²) < 4.78 is 1.41. The maximum absolute atomic E-state index is 12.8. The lowest BCUT2D eigenvalue weighted by atomic mass is 10.0. The van der Waals surface area contributed by atoms with Crippen LogP contribution in [0.3, 0.4) is 0 Å². The number of hydrogen-bond donors (Lipinski definition) is 3. The van der Waals surface area contributed by atoms with Crippen LogP contribution in [0.15, 0.2) is 58.3 Å². The normalized spacial score (nSPS) is 14.1. The summed E-state index contributed by atoms with van der Waals surface area (Å²) in [6, 6.07) is 15.1. The molecule has 130 valence electrons. The molecule has 0 bridgehead atoms. The molecule has 1 aromatic heterocycles. The molecule has 0 fully saturated rings. The fraction of sp³-hybridized carbons (Fsp3) is 0.100. The lowest BCUT2D eigenvalue weighted by Gasteiger charge is -2.02. The van der Waals surface area contributed by atoms with Crippen molar-refractivity contribution in [3.63, 3.8) is 0 Å². The minimum atomic E-state index is -0.184. The summed E-state index contributed by atoms with van der Waals surface area (Å²) in [5.74, 6) is 0. The van der Waals surface area contributed by atoms with E-state index in [4.69, 9.17) is 5.73 Å². The number of nitrogen functional groups attached to an aromatic ring is 1. The molecule has 3 aromatic rings. The van der Waals surface area contributed by atoms with E-state index in [1.807, 2.05) is 42.5 Å². The first-order valence-electron chi connectivity index (χ1n) is 8.32. The van der Waals surface area contributed by atoms with Gasteiger partial charge in [0.05, 0.1) is 30.1 Å². The van der Waals surface area contributed by atoms with Crippen molar-refractivity contribution >= 4 is 29.2 Å². The van der Waals surface area contributed by atoms with Gasteiger partial charge in [0.1, 0.15) is 0 Å². The molecule has 0 spiro atoms. The zero-order chi connectivity index (χ0) is 18.1. The van der Waals surface area contributed by atoms with E-state index in [-0.39, 0.29) is 18.7 Å². The van der Waals surface area contributed by atoms with Crippen molar-refractivity contribution in [1.29, 1.82) is 0 Å². The van der Waals surface area contributed by atoms with Crippen molar-refractivity contribution in [2.24, 2.45) is 4.99 Å². The van der Waals surface area contributed by atoms with Crippen LogP contribution in [0.4, 0.5) is 11.4 Å². The number of para-hydroxylation sites is 1. The minimum absolute atomic E-state index is 0.123. The van der Waals surface area contributed by atoms with Crippen LogP contribution in [0.2, 0.25) is 0 Å². The van der Waals surface area contributed by atoms with Gasteiger partial charge in [-0.2, -0.15) is 0 Å². The van der Waals surface area contributed by atoms with Crippen LogP contribution in [-0.2, 0) is 6.54 Å². The molecule has 1 aliphatic heterocycles. The van der Waals surface area contributed by atoms with Gasteiger partial charge in [0.15, 0.2) is 0 Å². The van der Waals surface area contributed by atoms with Gasteiger partial charge in [-0.3, -0.25) is 14.9 Å². The fourth-order valence-electron chi connectivity index (χ4n) is 3.07. The first kappa shape index (κ1) is 16.1. The Kier molecular flexibility index (Phi) is 4.02. The summed E-state index contributed by atoms with van der Waals surface area (Å²) in [6.45, 7) is 0.0799. The molecule has 1 aliphatic rings. The van der Waals surface area contributed by atoms with Crippen molar-refractivity contribution in [3.8, 4) is 11.3 Å². The molecule has 0 unspecified atom stereocenters.